The number of amides is 3. The number of hydrogen-bond acceptors (Lipinski definition) is 11. The van der Waals surface area contributed by atoms with Crippen LogP contribution in [0, 0.1) is 0 Å². The fourth-order valence-electron chi connectivity index (χ4n) is 4.76. The highest BCUT2D eigenvalue weighted by molar-refractivity contribution is 7.85. The van der Waals surface area contributed by atoms with Crippen LogP contribution in [-0.4, -0.2) is 85.6 Å². The highest BCUT2D eigenvalue weighted by atomic mass is 32.2. The van der Waals surface area contributed by atoms with Crippen molar-refractivity contribution >= 4 is 28.0 Å². The third-order valence-electron chi connectivity index (χ3n) is 6.26. The van der Waals surface area contributed by atoms with Crippen molar-refractivity contribution in [3.63, 3.8) is 0 Å². The second-order valence-corrected chi connectivity index (χ2v) is 12.4. The maximum Gasteiger partial charge on any atom is 0.362 e. The summed E-state index contributed by atoms with van der Waals surface area (Å²) in [7, 11) is -4.34. The normalized spacial score (nSPS) is 21.9. The molecule has 3 rings (SSSR count). The van der Waals surface area contributed by atoms with Gasteiger partial charge in [0.05, 0.1) is 29.9 Å². The number of nitrogens with two attached hydrogens (primary N) is 1. The third-order valence-corrected chi connectivity index (χ3v) is 7.22. The Morgan fingerprint density at radius 3 is 2.33 bits per heavy atom. The largest absolute Gasteiger partial charge is 0.366 e. The number of piperidine rings is 1. The zero-order valence-electron chi connectivity index (χ0n) is 23.3. The predicted octanol–water partition coefficient (Wildman–Crippen LogP) is 0.776. The molecule has 0 unspecified atom stereocenters. The molecule has 1 aromatic carbocycles. The van der Waals surface area contributed by atoms with E-state index in [1.807, 2.05) is 4.72 Å². The molecule has 1 fully saturated rings. The zero-order chi connectivity index (χ0) is 29.7. The fourth-order valence-corrected chi connectivity index (χ4v) is 5.54. The van der Waals surface area contributed by atoms with E-state index in [-0.39, 0.29) is 38.1 Å². The van der Waals surface area contributed by atoms with Gasteiger partial charge in [-0.3, -0.25) is 23.5 Å². The lowest BCUT2D eigenvalue weighted by molar-refractivity contribution is -0.227. The second-order valence-electron chi connectivity index (χ2n) is 11.1. The molecular formula is C26H40N4O9S. The van der Waals surface area contributed by atoms with Crippen LogP contribution in [0.15, 0.2) is 24.3 Å². The van der Waals surface area contributed by atoms with Gasteiger partial charge in [-0.25, -0.2) is 4.72 Å². The lowest BCUT2D eigenvalue weighted by atomic mass is 9.95. The van der Waals surface area contributed by atoms with Gasteiger partial charge in [0, 0.05) is 32.0 Å². The minimum absolute atomic E-state index is 0.0163. The minimum Gasteiger partial charge on any atom is -0.366 e. The van der Waals surface area contributed by atoms with Crippen molar-refractivity contribution < 1.29 is 41.6 Å². The molecule has 2 aliphatic heterocycles. The monoisotopic (exact) mass is 584 g/mol. The molecule has 0 spiro atoms. The highest BCUT2D eigenvalue weighted by Crippen LogP contribution is 2.25. The number of hydrogen-bond donors (Lipinski definition) is 4. The summed E-state index contributed by atoms with van der Waals surface area (Å²) in [5.41, 5.74) is 5.74. The van der Waals surface area contributed by atoms with Crippen LogP contribution >= 0.6 is 0 Å². The molecule has 5 N–H and O–H groups in total. The second kappa shape index (κ2) is 13.0. The first kappa shape index (κ1) is 32.1. The molecule has 0 aliphatic carbocycles. The predicted molar refractivity (Wildman–Crippen MR) is 144 cm³/mol. The molecule has 1 aromatic rings. The topological polar surface area (TPSA) is 187 Å². The number of rotatable bonds is 14. The van der Waals surface area contributed by atoms with Crippen molar-refractivity contribution in [2.75, 3.05) is 19.7 Å². The molecule has 1 saturated heterocycles. The van der Waals surface area contributed by atoms with E-state index in [0.717, 1.165) is 4.90 Å². The molecule has 0 radical (unpaired) electrons. The van der Waals surface area contributed by atoms with Crippen LogP contribution in [-0.2, 0) is 28.8 Å². The van der Waals surface area contributed by atoms with E-state index in [4.69, 9.17) is 19.4 Å². The van der Waals surface area contributed by atoms with E-state index >= 15 is 0 Å². The van der Waals surface area contributed by atoms with Crippen molar-refractivity contribution in [1.82, 2.24) is 14.9 Å². The van der Waals surface area contributed by atoms with Crippen molar-refractivity contribution in [1.29, 1.82) is 0 Å². The SMILES string of the molecule is CC(C)(N)O[C@@H]1CN[C@@H](CCCOS(=O)(=O)NC(=O)CCCN2C(=O)c3ccccc3C2=O)[C@@H](OC(C)(C)O)C1. The summed E-state index contributed by atoms with van der Waals surface area (Å²) < 4.78 is 42.9. The van der Waals surface area contributed by atoms with E-state index in [1.54, 1.807) is 38.1 Å². The molecule has 224 valence electrons. The Morgan fingerprint density at radius 2 is 1.75 bits per heavy atom. The molecule has 13 nitrogen and oxygen atoms in total. The quantitative estimate of drug-likeness (QED) is 0.137. The Balaban J connectivity index is 1.39. The van der Waals surface area contributed by atoms with Crippen molar-refractivity contribution in [3.8, 4) is 0 Å². The van der Waals surface area contributed by atoms with Crippen molar-refractivity contribution in [2.24, 2.45) is 5.73 Å². The summed E-state index contributed by atoms with van der Waals surface area (Å²) in [4.78, 5) is 38.0. The molecule has 0 bridgehead atoms. The third kappa shape index (κ3) is 9.58. The van der Waals surface area contributed by atoms with E-state index in [1.165, 1.54) is 13.8 Å². The minimum atomic E-state index is -4.34. The Kier molecular flexibility index (Phi) is 10.4. The molecule has 2 aliphatic rings. The van der Waals surface area contributed by atoms with Gasteiger partial charge in [0.15, 0.2) is 5.79 Å². The summed E-state index contributed by atoms with van der Waals surface area (Å²) in [5, 5.41) is 13.5. The van der Waals surface area contributed by atoms with Crippen molar-refractivity contribution in [3.05, 3.63) is 35.4 Å². The van der Waals surface area contributed by atoms with Gasteiger partial charge in [-0.2, -0.15) is 8.42 Å². The number of nitrogens with zero attached hydrogens (tertiary/aromatic N) is 1. The summed E-state index contributed by atoms with van der Waals surface area (Å²) in [6, 6.07) is 6.24. The number of imide groups is 1. The van der Waals surface area contributed by atoms with Gasteiger partial charge >= 0.3 is 10.3 Å². The van der Waals surface area contributed by atoms with E-state index in [0.29, 0.717) is 36.9 Å². The lowest BCUT2D eigenvalue weighted by Gasteiger charge is -2.41. The number of nitrogens with one attached hydrogen (secondary N) is 2. The maximum atomic E-state index is 12.4. The average Bonchev–Trinajstić information content (AvgIpc) is 3.05. The summed E-state index contributed by atoms with van der Waals surface area (Å²) in [6.45, 7) is 6.86. The maximum absolute atomic E-state index is 12.4. The first-order valence-electron chi connectivity index (χ1n) is 13.3. The van der Waals surface area contributed by atoms with Crippen LogP contribution in [0.25, 0.3) is 0 Å². The Labute approximate surface area is 235 Å². The lowest BCUT2D eigenvalue weighted by Crippen LogP contribution is -2.56. The van der Waals surface area contributed by atoms with Gasteiger partial charge in [0.2, 0.25) is 5.91 Å². The van der Waals surface area contributed by atoms with Gasteiger partial charge in [0.25, 0.3) is 11.8 Å². The molecule has 40 heavy (non-hydrogen) atoms. The van der Waals surface area contributed by atoms with Gasteiger partial charge in [0.1, 0.15) is 5.72 Å². The van der Waals surface area contributed by atoms with E-state index in [2.05, 4.69) is 5.32 Å². The first-order chi connectivity index (χ1) is 18.5. The highest BCUT2D eigenvalue weighted by Gasteiger charge is 2.36. The molecule has 2 heterocycles. The number of carbonyl (C=O) groups is 3. The summed E-state index contributed by atoms with van der Waals surface area (Å²) in [5.74, 6) is -3.07. The van der Waals surface area contributed by atoms with Gasteiger partial charge in [-0.1, -0.05) is 12.1 Å². The first-order valence-corrected chi connectivity index (χ1v) is 14.7. The Morgan fingerprint density at radius 1 is 1.12 bits per heavy atom. The van der Waals surface area contributed by atoms with Crippen LogP contribution in [0.1, 0.15) is 80.5 Å². The van der Waals surface area contributed by atoms with Crippen LogP contribution < -0.4 is 15.8 Å². The Bertz CT molecular complexity index is 1140. The van der Waals surface area contributed by atoms with Gasteiger partial charge < -0.3 is 25.6 Å². The molecule has 3 amide bonds. The van der Waals surface area contributed by atoms with Gasteiger partial charge in [-0.15, -0.1) is 0 Å². The van der Waals surface area contributed by atoms with E-state index < -0.39 is 45.6 Å². The standard InChI is InChI=1S/C26H40N4O9S/c1-25(2,27)38-17-15-21(39-26(3,4)34)20(28-16-17)11-8-14-37-40(35,36)29-22(31)12-7-13-30-23(32)18-9-5-6-10-19(18)24(30)33/h5-6,9-10,17,20-21,28,34H,7-8,11-16,27H2,1-4H3,(H,29,31)/t17-,20-,21-/m0/s1. The van der Waals surface area contributed by atoms with Crippen molar-refractivity contribution in [2.45, 2.75) is 89.6 Å². The molecular weight excluding hydrogens is 544 g/mol. The number of carbonyl (C=O) groups excluding carboxylic acids is 3. The van der Waals surface area contributed by atoms with Crippen LogP contribution in [0.4, 0.5) is 0 Å². The molecule has 3 atom stereocenters. The number of ether oxygens (including phenoxy) is 2. The smallest absolute Gasteiger partial charge is 0.362 e. The fraction of sp³-hybridized carbons (Fsp3) is 0.654. The molecule has 0 saturated carbocycles. The van der Waals surface area contributed by atoms with Crippen LogP contribution in [0.5, 0.6) is 0 Å². The summed E-state index contributed by atoms with van der Waals surface area (Å²) in [6.07, 6.45) is 0.510. The van der Waals surface area contributed by atoms with Crippen LogP contribution in [0.3, 0.4) is 0 Å². The molecule has 14 heteroatoms. The number of aliphatic hydroxyl groups is 1. The Hall–Kier alpha value is -2.46. The van der Waals surface area contributed by atoms with E-state index in [9.17, 15) is 27.9 Å². The average molecular weight is 585 g/mol. The molecule has 0 aromatic heterocycles. The number of fused-ring (bicyclic) bond motifs is 1. The summed E-state index contributed by atoms with van der Waals surface area (Å²) >= 11 is 0. The van der Waals surface area contributed by atoms with Crippen LogP contribution in [0.2, 0.25) is 0 Å². The number of benzene rings is 1. The van der Waals surface area contributed by atoms with Gasteiger partial charge in [-0.05, 0) is 59.1 Å². The zero-order valence-corrected chi connectivity index (χ0v) is 24.2.